The van der Waals surface area contributed by atoms with Crippen LogP contribution in [0.2, 0.25) is 10.0 Å². The first kappa shape index (κ1) is 27.5. The lowest BCUT2D eigenvalue weighted by Gasteiger charge is -2.42. The number of benzene rings is 2. The molecule has 10 heteroatoms. The molecule has 2 N–H and O–H groups in total. The Balaban J connectivity index is 1.72. The second-order valence-corrected chi connectivity index (χ2v) is 11.3. The largest absolute Gasteiger partial charge is 0.386 e. The third kappa shape index (κ3) is 5.02. The van der Waals surface area contributed by atoms with Crippen LogP contribution in [0.15, 0.2) is 54.7 Å². The summed E-state index contributed by atoms with van der Waals surface area (Å²) in [6.45, 7) is 4.50. The lowest BCUT2D eigenvalue weighted by molar-refractivity contribution is -0.141. The second-order valence-electron chi connectivity index (χ2n) is 10.4. The van der Waals surface area contributed by atoms with Gasteiger partial charge in [0.25, 0.3) is 5.91 Å². The van der Waals surface area contributed by atoms with Gasteiger partial charge in [-0.05, 0) is 75.6 Å². The third-order valence-corrected chi connectivity index (χ3v) is 7.68. The van der Waals surface area contributed by atoms with Gasteiger partial charge in [-0.25, -0.2) is 4.39 Å². The van der Waals surface area contributed by atoms with Gasteiger partial charge in [-0.3, -0.25) is 19.5 Å². The van der Waals surface area contributed by atoms with Crippen LogP contribution in [0.5, 0.6) is 0 Å². The second kappa shape index (κ2) is 10.2. The summed E-state index contributed by atoms with van der Waals surface area (Å²) in [5.41, 5.74) is -2.03. The number of aromatic nitrogens is 1. The SMILES string of the molecule is C[C@H](c1ccc(Cl)cn1)N1C(=O)c2cc(C(C)(C)O)cc(F)c2[C@]1(OCNC(=O)C1CC1)c1ccc(Cl)cc1. The standard InChI is InChI=1S/C29H28Cl2FN3O4/c1-16(24-11-10-21(31)14-33-24)35-27(37)22-12-19(28(2,3)38)13-23(32)25(22)29(35,18-6-8-20(30)9-7-18)39-15-34-26(36)17-4-5-17/h6-14,16-17,38H,4-5,15H2,1-3H3,(H,34,36)/t16-,29-/m1/s1. The van der Waals surface area contributed by atoms with Crippen molar-refractivity contribution < 1.29 is 23.8 Å². The Morgan fingerprint density at radius 2 is 1.87 bits per heavy atom. The van der Waals surface area contributed by atoms with Crippen LogP contribution in [0, 0.1) is 11.7 Å². The summed E-state index contributed by atoms with van der Waals surface area (Å²) in [6.07, 6.45) is 3.07. The molecule has 1 fully saturated rings. The van der Waals surface area contributed by atoms with Crippen LogP contribution in [0.1, 0.15) is 72.4 Å². The van der Waals surface area contributed by atoms with E-state index in [0.717, 1.165) is 12.8 Å². The molecule has 1 aliphatic heterocycles. The van der Waals surface area contributed by atoms with Crippen LogP contribution in [0.3, 0.4) is 0 Å². The van der Waals surface area contributed by atoms with E-state index in [-0.39, 0.29) is 35.2 Å². The van der Waals surface area contributed by atoms with Gasteiger partial charge in [0.05, 0.1) is 33.5 Å². The average Bonchev–Trinajstić information content (AvgIpc) is 3.70. The van der Waals surface area contributed by atoms with Gasteiger partial charge in [0.15, 0.2) is 0 Å². The van der Waals surface area contributed by atoms with Gasteiger partial charge in [-0.1, -0.05) is 35.3 Å². The zero-order valence-corrected chi connectivity index (χ0v) is 23.2. The Morgan fingerprint density at radius 1 is 1.21 bits per heavy atom. The number of ether oxygens (including phenoxy) is 1. The van der Waals surface area contributed by atoms with Crippen LogP contribution in [-0.2, 0) is 20.9 Å². The summed E-state index contributed by atoms with van der Waals surface area (Å²) in [7, 11) is 0. The van der Waals surface area contributed by atoms with E-state index < -0.39 is 29.1 Å². The fourth-order valence-electron chi connectivity index (χ4n) is 4.97. The number of pyridine rings is 1. The number of carbonyl (C=O) groups is 2. The van der Waals surface area contributed by atoms with Crippen LogP contribution in [-0.4, -0.2) is 33.5 Å². The number of hydrogen-bond donors (Lipinski definition) is 2. The van der Waals surface area contributed by atoms with E-state index in [1.54, 1.807) is 43.3 Å². The summed E-state index contributed by atoms with van der Waals surface area (Å²) in [4.78, 5) is 32.5. The molecule has 2 heterocycles. The maximum Gasteiger partial charge on any atom is 0.257 e. The van der Waals surface area contributed by atoms with Crippen molar-refractivity contribution in [3.8, 4) is 0 Å². The molecular formula is C29H28Cl2FN3O4. The highest BCUT2D eigenvalue weighted by Crippen LogP contribution is 2.51. The number of halogens is 3. The molecule has 0 bridgehead atoms. The van der Waals surface area contributed by atoms with Crippen molar-refractivity contribution in [1.82, 2.24) is 15.2 Å². The van der Waals surface area contributed by atoms with Crippen LogP contribution in [0.25, 0.3) is 0 Å². The van der Waals surface area contributed by atoms with E-state index in [2.05, 4.69) is 10.3 Å². The maximum absolute atomic E-state index is 16.2. The number of aliphatic hydroxyl groups is 1. The Hall–Kier alpha value is -3.04. The molecule has 3 aromatic rings. The van der Waals surface area contributed by atoms with E-state index in [0.29, 0.717) is 21.3 Å². The van der Waals surface area contributed by atoms with Crippen molar-refractivity contribution in [3.63, 3.8) is 0 Å². The highest BCUT2D eigenvalue weighted by Gasteiger charge is 2.56. The Bertz CT molecular complexity index is 1420. The molecular weight excluding hydrogens is 544 g/mol. The first-order chi connectivity index (χ1) is 18.4. The molecule has 2 aromatic carbocycles. The molecule has 1 aliphatic carbocycles. The molecule has 0 spiro atoms. The maximum atomic E-state index is 16.2. The van der Waals surface area contributed by atoms with Crippen LogP contribution >= 0.6 is 23.2 Å². The molecule has 2 aliphatic rings. The molecule has 1 aromatic heterocycles. The van der Waals surface area contributed by atoms with Crippen molar-refractivity contribution in [2.24, 2.45) is 5.92 Å². The minimum absolute atomic E-state index is 0.0238. The van der Waals surface area contributed by atoms with Gasteiger partial charge >= 0.3 is 0 Å². The summed E-state index contributed by atoms with van der Waals surface area (Å²) in [5, 5.41) is 14.3. The first-order valence-electron chi connectivity index (χ1n) is 12.6. The van der Waals surface area contributed by atoms with E-state index in [9.17, 15) is 14.7 Å². The molecule has 5 rings (SSSR count). The van der Waals surface area contributed by atoms with Crippen molar-refractivity contribution in [3.05, 3.63) is 98.5 Å². The molecule has 7 nitrogen and oxygen atoms in total. The molecule has 0 saturated heterocycles. The Labute approximate surface area is 235 Å². The molecule has 204 valence electrons. The van der Waals surface area contributed by atoms with E-state index in [1.165, 1.54) is 37.1 Å². The predicted octanol–water partition coefficient (Wildman–Crippen LogP) is 5.67. The predicted molar refractivity (Wildman–Crippen MR) is 145 cm³/mol. The minimum Gasteiger partial charge on any atom is -0.386 e. The van der Waals surface area contributed by atoms with Gasteiger partial charge in [-0.15, -0.1) is 0 Å². The number of nitrogens with one attached hydrogen (secondary N) is 1. The number of hydrogen-bond acceptors (Lipinski definition) is 5. The van der Waals surface area contributed by atoms with Crippen LogP contribution in [0.4, 0.5) is 4.39 Å². The average molecular weight is 572 g/mol. The number of amides is 2. The Morgan fingerprint density at radius 3 is 2.46 bits per heavy atom. The number of fused-ring (bicyclic) bond motifs is 1. The summed E-state index contributed by atoms with van der Waals surface area (Å²) in [6, 6.07) is 11.9. The fourth-order valence-corrected chi connectivity index (χ4v) is 5.21. The number of carbonyl (C=O) groups excluding carboxylic acids is 2. The fraction of sp³-hybridized carbons (Fsp3) is 0.345. The lowest BCUT2D eigenvalue weighted by Crippen LogP contribution is -2.50. The first-order valence-corrected chi connectivity index (χ1v) is 13.4. The molecule has 2 amide bonds. The third-order valence-electron chi connectivity index (χ3n) is 7.20. The Kier molecular flexibility index (Phi) is 7.18. The number of rotatable bonds is 8. The van der Waals surface area contributed by atoms with Crippen molar-refractivity contribution in [2.75, 3.05) is 6.73 Å². The van der Waals surface area contributed by atoms with Crippen LogP contribution < -0.4 is 5.32 Å². The molecule has 2 atom stereocenters. The molecule has 0 unspecified atom stereocenters. The minimum atomic E-state index is -1.79. The van der Waals surface area contributed by atoms with E-state index in [1.807, 2.05) is 0 Å². The van der Waals surface area contributed by atoms with Gasteiger partial charge in [0.1, 0.15) is 12.5 Å². The van der Waals surface area contributed by atoms with E-state index in [4.69, 9.17) is 27.9 Å². The monoisotopic (exact) mass is 571 g/mol. The van der Waals surface area contributed by atoms with E-state index >= 15 is 4.39 Å². The van der Waals surface area contributed by atoms with Gasteiger partial charge < -0.3 is 15.2 Å². The van der Waals surface area contributed by atoms with Gasteiger partial charge in [-0.2, -0.15) is 0 Å². The topological polar surface area (TPSA) is 91.8 Å². The quantitative estimate of drug-likeness (QED) is 0.340. The highest BCUT2D eigenvalue weighted by molar-refractivity contribution is 6.30. The zero-order chi connectivity index (χ0) is 28.1. The van der Waals surface area contributed by atoms with Crippen molar-refractivity contribution in [1.29, 1.82) is 0 Å². The zero-order valence-electron chi connectivity index (χ0n) is 21.7. The highest BCUT2D eigenvalue weighted by atomic mass is 35.5. The van der Waals surface area contributed by atoms with Gasteiger partial charge in [0, 0.05) is 22.7 Å². The smallest absolute Gasteiger partial charge is 0.257 e. The van der Waals surface area contributed by atoms with Gasteiger partial charge in [0.2, 0.25) is 11.6 Å². The molecule has 39 heavy (non-hydrogen) atoms. The summed E-state index contributed by atoms with van der Waals surface area (Å²) >= 11 is 12.2. The summed E-state index contributed by atoms with van der Waals surface area (Å²) in [5.74, 6) is -1.50. The van der Waals surface area contributed by atoms with Crippen molar-refractivity contribution in [2.45, 2.75) is 51.0 Å². The molecule has 0 radical (unpaired) electrons. The van der Waals surface area contributed by atoms with Crippen molar-refractivity contribution >= 4 is 35.0 Å². The summed E-state index contributed by atoms with van der Waals surface area (Å²) < 4.78 is 22.6. The number of nitrogens with zero attached hydrogens (tertiary/aromatic N) is 2. The lowest BCUT2D eigenvalue weighted by atomic mass is 9.88. The molecule has 1 saturated carbocycles. The normalized spacial score (nSPS) is 19.7.